The molecule has 3 aliphatic heterocycles. The van der Waals surface area contributed by atoms with Gasteiger partial charge >= 0.3 is 0 Å². The number of carbonyl (C=O) groups is 2. The lowest BCUT2D eigenvalue weighted by Crippen LogP contribution is -2.75. The molecule has 2 amide bonds. The number of rotatable bonds is 10. The fraction of sp³-hybridized carbons (Fsp3) is 0.429. The second-order valence-corrected chi connectivity index (χ2v) is 12.0. The Balaban J connectivity index is 1.15. The monoisotopic (exact) mass is 566 g/mol. The lowest BCUT2D eigenvalue weighted by molar-refractivity contribution is -0.166. The van der Waals surface area contributed by atoms with Crippen molar-refractivity contribution < 1.29 is 14.3 Å². The summed E-state index contributed by atoms with van der Waals surface area (Å²) in [7, 11) is 0. The molecule has 1 spiro atoms. The van der Waals surface area contributed by atoms with Gasteiger partial charge in [0, 0.05) is 45.3 Å². The predicted octanol–water partition coefficient (Wildman–Crippen LogP) is 3.88. The van der Waals surface area contributed by atoms with Crippen molar-refractivity contribution in [2.45, 2.75) is 56.5 Å². The molecule has 220 valence electrons. The van der Waals surface area contributed by atoms with E-state index in [1.165, 1.54) is 11.1 Å². The standard InChI is InChI=1S/C35H42N4O3/c40-33-32(27-42-26-30-14-8-3-9-15-30)36-34(41)35(18-22-37(23-19-35)20-16-28-10-4-1-5-11-28)39(33)31-17-21-38(25-31)24-29-12-6-2-7-13-29/h1-15,31-32H,16-27H2,(H,36,41). The molecule has 3 heterocycles. The van der Waals surface area contributed by atoms with E-state index in [1.807, 2.05) is 47.4 Å². The first kappa shape index (κ1) is 28.6. The van der Waals surface area contributed by atoms with Gasteiger partial charge in [0.25, 0.3) is 0 Å². The highest BCUT2D eigenvalue weighted by Crippen LogP contribution is 2.37. The molecule has 0 aliphatic carbocycles. The number of nitrogens with zero attached hydrogens (tertiary/aromatic N) is 3. The van der Waals surface area contributed by atoms with Gasteiger partial charge in [0.05, 0.1) is 13.2 Å². The van der Waals surface area contributed by atoms with E-state index in [-0.39, 0.29) is 24.5 Å². The lowest BCUT2D eigenvalue weighted by Gasteiger charge is -2.53. The minimum atomic E-state index is -0.802. The van der Waals surface area contributed by atoms with Gasteiger partial charge in [-0.3, -0.25) is 14.5 Å². The van der Waals surface area contributed by atoms with E-state index in [9.17, 15) is 9.59 Å². The second kappa shape index (κ2) is 13.2. The number of hydrogen-bond donors (Lipinski definition) is 1. The van der Waals surface area contributed by atoms with Gasteiger partial charge in [0.15, 0.2) is 0 Å². The lowest BCUT2D eigenvalue weighted by atomic mass is 9.80. The fourth-order valence-corrected chi connectivity index (χ4v) is 6.91. The third-order valence-corrected chi connectivity index (χ3v) is 9.23. The van der Waals surface area contributed by atoms with Gasteiger partial charge in [0.2, 0.25) is 11.8 Å². The summed E-state index contributed by atoms with van der Waals surface area (Å²) in [4.78, 5) is 35.1. The Morgan fingerprint density at radius 2 is 1.38 bits per heavy atom. The van der Waals surface area contributed by atoms with Crippen LogP contribution in [0.4, 0.5) is 0 Å². The third-order valence-electron chi connectivity index (χ3n) is 9.23. The predicted molar refractivity (Wildman–Crippen MR) is 164 cm³/mol. The molecule has 2 unspecified atom stereocenters. The van der Waals surface area contributed by atoms with Crippen molar-refractivity contribution in [2.75, 3.05) is 39.3 Å². The van der Waals surface area contributed by atoms with Crippen molar-refractivity contribution in [1.29, 1.82) is 0 Å². The van der Waals surface area contributed by atoms with E-state index in [0.29, 0.717) is 19.4 Å². The number of amides is 2. The van der Waals surface area contributed by atoms with E-state index in [1.54, 1.807) is 0 Å². The molecular weight excluding hydrogens is 524 g/mol. The molecule has 42 heavy (non-hydrogen) atoms. The Labute approximate surface area is 249 Å². The summed E-state index contributed by atoms with van der Waals surface area (Å²) >= 11 is 0. The normalized spacial score (nSPS) is 22.9. The number of piperazine rings is 1. The first-order chi connectivity index (χ1) is 20.6. The van der Waals surface area contributed by atoms with Gasteiger partial charge in [-0.25, -0.2) is 0 Å². The molecule has 7 heteroatoms. The first-order valence-electron chi connectivity index (χ1n) is 15.4. The Morgan fingerprint density at radius 1 is 0.762 bits per heavy atom. The van der Waals surface area contributed by atoms with E-state index in [2.05, 4.69) is 63.6 Å². The zero-order valence-corrected chi connectivity index (χ0v) is 24.4. The van der Waals surface area contributed by atoms with Gasteiger partial charge in [-0.05, 0) is 42.4 Å². The van der Waals surface area contributed by atoms with Crippen LogP contribution in [-0.2, 0) is 33.9 Å². The van der Waals surface area contributed by atoms with E-state index < -0.39 is 11.6 Å². The summed E-state index contributed by atoms with van der Waals surface area (Å²) in [6.07, 6.45) is 3.18. The second-order valence-electron chi connectivity index (χ2n) is 12.0. The number of hydrogen-bond acceptors (Lipinski definition) is 5. The van der Waals surface area contributed by atoms with Crippen molar-refractivity contribution in [3.8, 4) is 0 Å². The van der Waals surface area contributed by atoms with Crippen LogP contribution >= 0.6 is 0 Å². The number of benzene rings is 3. The van der Waals surface area contributed by atoms with Crippen molar-refractivity contribution in [2.24, 2.45) is 0 Å². The zero-order chi connectivity index (χ0) is 28.8. The van der Waals surface area contributed by atoms with Crippen LogP contribution in [-0.4, -0.2) is 83.5 Å². The molecule has 3 saturated heterocycles. The maximum Gasteiger partial charge on any atom is 0.248 e. The van der Waals surface area contributed by atoms with E-state index in [0.717, 1.165) is 57.7 Å². The maximum atomic E-state index is 14.2. The summed E-state index contributed by atoms with van der Waals surface area (Å²) in [5.41, 5.74) is 2.85. The quantitative estimate of drug-likeness (QED) is 0.404. The highest BCUT2D eigenvalue weighted by molar-refractivity contribution is 6.00. The minimum Gasteiger partial charge on any atom is -0.374 e. The third kappa shape index (κ3) is 6.43. The number of ether oxygens (including phenoxy) is 1. The minimum absolute atomic E-state index is 0.00644. The van der Waals surface area contributed by atoms with Crippen LogP contribution in [0.15, 0.2) is 91.0 Å². The molecule has 1 N–H and O–H groups in total. The van der Waals surface area contributed by atoms with Crippen LogP contribution < -0.4 is 5.32 Å². The average molecular weight is 567 g/mol. The summed E-state index contributed by atoms with van der Waals surface area (Å²) in [6, 6.07) is 30.3. The van der Waals surface area contributed by atoms with Gasteiger partial charge in [-0.2, -0.15) is 0 Å². The first-order valence-corrected chi connectivity index (χ1v) is 15.4. The van der Waals surface area contributed by atoms with Crippen LogP contribution in [0.1, 0.15) is 36.0 Å². The summed E-state index contributed by atoms with van der Waals surface area (Å²) in [5, 5.41) is 3.10. The Hall–Kier alpha value is -3.52. The van der Waals surface area contributed by atoms with Crippen molar-refractivity contribution in [1.82, 2.24) is 20.0 Å². The molecule has 0 bridgehead atoms. The van der Waals surface area contributed by atoms with Crippen LogP contribution in [0.2, 0.25) is 0 Å². The molecule has 0 radical (unpaired) electrons. The average Bonchev–Trinajstić information content (AvgIpc) is 3.48. The molecule has 2 atom stereocenters. The Kier molecular flexibility index (Phi) is 8.98. The number of carbonyl (C=O) groups excluding carboxylic acids is 2. The van der Waals surface area contributed by atoms with Gasteiger partial charge in [-0.15, -0.1) is 0 Å². The van der Waals surface area contributed by atoms with Crippen molar-refractivity contribution in [3.63, 3.8) is 0 Å². The van der Waals surface area contributed by atoms with Crippen LogP contribution in [0.5, 0.6) is 0 Å². The molecule has 3 aromatic carbocycles. The number of likely N-dealkylation sites (tertiary alicyclic amines) is 2. The highest BCUT2D eigenvalue weighted by Gasteiger charge is 2.56. The van der Waals surface area contributed by atoms with Crippen LogP contribution in [0.25, 0.3) is 0 Å². The molecule has 3 fully saturated rings. The van der Waals surface area contributed by atoms with Crippen molar-refractivity contribution >= 4 is 11.8 Å². The molecule has 7 nitrogen and oxygen atoms in total. The van der Waals surface area contributed by atoms with E-state index in [4.69, 9.17) is 4.74 Å². The molecule has 0 saturated carbocycles. The smallest absolute Gasteiger partial charge is 0.248 e. The van der Waals surface area contributed by atoms with Gasteiger partial charge < -0.3 is 19.9 Å². The Morgan fingerprint density at radius 3 is 2.05 bits per heavy atom. The highest BCUT2D eigenvalue weighted by atomic mass is 16.5. The van der Waals surface area contributed by atoms with Gasteiger partial charge in [0.1, 0.15) is 11.6 Å². The molecule has 6 rings (SSSR count). The van der Waals surface area contributed by atoms with E-state index >= 15 is 0 Å². The molecule has 3 aromatic rings. The largest absolute Gasteiger partial charge is 0.374 e. The van der Waals surface area contributed by atoms with Gasteiger partial charge in [-0.1, -0.05) is 91.0 Å². The molecular formula is C35H42N4O3. The van der Waals surface area contributed by atoms with Crippen molar-refractivity contribution in [3.05, 3.63) is 108 Å². The molecule has 3 aliphatic rings. The number of nitrogens with one attached hydrogen (secondary N) is 1. The zero-order valence-electron chi connectivity index (χ0n) is 24.4. The summed E-state index contributed by atoms with van der Waals surface area (Å²) in [5.74, 6) is -0.00779. The van der Waals surface area contributed by atoms with Crippen LogP contribution in [0, 0.1) is 0 Å². The van der Waals surface area contributed by atoms with Crippen LogP contribution in [0.3, 0.4) is 0 Å². The molecule has 0 aromatic heterocycles. The summed E-state index contributed by atoms with van der Waals surface area (Å²) in [6.45, 7) is 5.71. The number of piperidine rings is 1. The maximum absolute atomic E-state index is 14.2. The topological polar surface area (TPSA) is 65.1 Å². The SMILES string of the molecule is O=C1C(COCc2ccccc2)NC(=O)C2(CCN(CCc3ccccc3)CC2)N1C1CCN(Cc2ccccc2)C1. The summed E-state index contributed by atoms with van der Waals surface area (Å²) < 4.78 is 5.97. The Bertz CT molecular complexity index is 1310. The fourth-order valence-electron chi connectivity index (χ4n) is 6.91.